The minimum absolute atomic E-state index is 0.0488. The first-order valence-electron chi connectivity index (χ1n) is 9.51. The number of nitrogens with one attached hydrogen (secondary N) is 2. The molecule has 0 aromatic heterocycles. The van der Waals surface area contributed by atoms with Crippen molar-refractivity contribution in [3.8, 4) is 6.07 Å². The van der Waals surface area contributed by atoms with Crippen molar-refractivity contribution >= 4 is 17.6 Å². The van der Waals surface area contributed by atoms with E-state index in [1.54, 1.807) is 12.1 Å². The quantitative estimate of drug-likeness (QED) is 0.541. The molecule has 2 unspecified atom stereocenters. The molecule has 27 heavy (non-hydrogen) atoms. The highest BCUT2D eigenvalue weighted by Gasteiger charge is 2.54. The predicted octanol–water partition coefficient (Wildman–Crippen LogP) is 4.57. The van der Waals surface area contributed by atoms with E-state index in [0.29, 0.717) is 29.4 Å². The van der Waals surface area contributed by atoms with Crippen molar-refractivity contribution in [2.75, 3.05) is 11.1 Å². The molecule has 2 saturated carbocycles. The lowest BCUT2D eigenvalue weighted by Gasteiger charge is -2.44. The number of hydrogen-bond donors (Lipinski definition) is 3. The Hall–Kier alpha value is -2.87. The van der Waals surface area contributed by atoms with Crippen LogP contribution in [0.25, 0.3) is 0 Å². The molecule has 2 aromatic carbocycles. The van der Waals surface area contributed by atoms with E-state index in [1.807, 2.05) is 18.2 Å². The van der Waals surface area contributed by atoms with Gasteiger partial charge in [0.1, 0.15) is 11.9 Å². The molecule has 1 heterocycles. The Kier molecular flexibility index (Phi) is 3.51. The molecule has 0 radical (unpaired) electrons. The smallest absolute Gasteiger partial charge is 0.140 e. The van der Waals surface area contributed by atoms with Crippen molar-refractivity contribution < 1.29 is 4.39 Å². The Bertz CT molecular complexity index is 993. The van der Waals surface area contributed by atoms with E-state index in [1.165, 1.54) is 37.1 Å². The summed E-state index contributed by atoms with van der Waals surface area (Å²) in [4.78, 5) is 0. The van der Waals surface area contributed by atoms with Crippen LogP contribution in [0.15, 0.2) is 30.3 Å². The molecule has 4 nitrogen and oxygen atoms in total. The number of nitrogens with two attached hydrogens (primary N) is 1. The largest absolute Gasteiger partial charge is 0.398 e. The maximum Gasteiger partial charge on any atom is 0.140 e. The van der Waals surface area contributed by atoms with Gasteiger partial charge >= 0.3 is 0 Å². The lowest BCUT2D eigenvalue weighted by atomic mass is 9.67. The number of benzene rings is 2. The third-order valence-corrected chi connectivity index (χ3v) is 6.95. The number of rotatable bonds is 2. The van der Waals surface area contributed by atoms with Gasteiger partial charge in [0.2, 0.25) is 0 Å². The minimum Gasteiger partial charge on any atom is -0.398 e. The molecule has 5 rings (SSSR count). The lowest BCUT2D eigenvalue weighted by Crippen LogP contribution is -2.36. The maximum absolute atomic E-state index is 13.9. The topological polar surface area (TPSA) is 85.7 Å². The molecule has 2 aromatic rings. The predicted molar refractivity (Wildman–Crippen MR) is 103 cm³/mol. The summed E-state index contributed by atoms with van der Waals surface area (Å²) in [6, 6.07) is 10.8. The zero-order valence-electron chi connectivity index (χ0n) is 14.9. The van der Waals surface area contributed by atoms with Crippen LogP contribution in [0.4, 0.5) is 15.8 Å². The second-order valence-electron chi connectivity index (χ2n) is 8.08. The summed E-state index contributed by atoms with van der Waals surface area (Å²) in [5, 5.41) is 20.8. The number of hydrogen-bond acceptors (Lipinski definition) is 4. The monoisotopic (exact) mass is 360 g/mol. The molecule has 2 bridgehead atoms. The highest BCUT2D eigenvalue weighted by molar-refractivity contribution is 5.91. The molecule has 0 spiro atoms. The number of fused-ring (bicyclic) bond motifs is 7. The van der Waals surface area contributed by atoms with Crippen LogP contribution >= 0.6 is 0 Å². The van der Waals surface area contributed by atoms with Crippen LogP contribution in [0.1, 0.15) is 53.5 Å². The molecule has 5 heteroatoms. The number of nitrogens with zero attached hydrogens (tertiary/aromatic N) is 1. The molecule has 0 saturated heterocycles. The van der Waals surface area contributed by atoms with Crippen LogP contribution in [-0.4, -0.2) is 6.21 Å². The standard InChI is InChI=1S/C22H21FN4/c23-16-4-3-13(8-14(16)9-24)22-20-12-2-1-11(7-12)19(20)21-15(10-25)17(26)5-6-18(21)27-22/h3-6,8,10-12,19-20,22,25,27H,1-2,7,26H2/t11?,12?,19-,20+,22-/m0/s1. The van der Waals surface area contributed by atoms with Gasteiger partial charge in [-0.2, -0.15) is 5.26 Å². The summed E-state index contributed by atoms with van der Waals surface area (Å²) in [6.45, 7) is 0. The van der Waals surface area contributed by atoms with Crippen molar-refractivity contribution in [1.82, 2.24) is 0 Å². The Morgan fingerprint density at radius 3 is 2.81 bits per heavy atom. The van der Waals surface area contributed by atoms with E-state index >= 15 is 0 Å². The van der Waals surface area contributed by atoms with Gasteiger partial charge in [0.15, 0.2) is 0 Å². The summed E-state index contributed by atoms with van der Waals surface area (Å²) >= 11 is 0. The summed E-state index contributed by atoms with van der Waals surface area (Å²) < 4.78 is 13.9. The van der Waals surface area contributed by atoms with Crippen molar-refractivity contribution in [2.24, 2.45) is 17.8 Å². The van der Waals surface area contributed by atoms with Crippen molar-refractivity contribution in [1.29, 1.82) is 10.7 Å². The van der Waals surface area contributed by atoms with Gasteiger partial charge in [0.25, 0.3) is 0 Å². The Labute approximate surface area is 157 Å². The van der Waals surface area contributed by atoms with Crippen LogP contribution in [0.2, 0.25) is 0 Å². The molecule has 4 N–H and O–H groups in total. The first-order chi connectivity index (χ1) is 13.1. The first-order valence-corrected chi connectivity index (χ1v) is 9.51. The van der Waals surface area contributed by atoms with Gasteiger partial charge in [0, 0.05) is 23.2 Å². The van der Waals surface area contributed by atoms with Gasteiger partial charge in [-0.05, 0) is 78.3 Å². The highest BCUT2D eigenvalue weighted by atomic mass is 19.1. The fourth-order valence-corrected chi connectivity index (χ4v) is 5.93. The number of anilines is 2. The van der Waals surface area contributed by atoms with Crippen molar-refractivity contribution in [3.05, 3.63) is 58.4 Å². The molecule has 5 atom stereocenters. The van der Waals surface area contributed by atoms with E-state index in [2.05, 4.69) is 5.32 Å². The second kappa shape index (κ2) is 5.82. The molecule has 136 valence electrons. The molecule has 2 fully saturated rings. The Balaban J connectivity index is 1.68. The molecule has 1 aliphatic heterocycles. The third kappa shape index (κ3) is 2.22. The molecule has 2 aliphatic carbocycles. The van der Waals surface area contributed by atoms with Gasteiger partial charge in [-0.1, -0.05) is 6.07 Å². The fourth-order valence-electron chi connectivity index (χ4n) is 5.93. The van der Waals surface area contributed by atoms with E-state index in [9.17, 15) is 9.65 Å². The Morgan fingerprint density at radius 2 is 2.04 bits per heavy atom. The van der Waals surface area contributed by atoms with E-state index in [-0.39, 0.29) is 11.6 Å². The van der Waals surface area contributed by atoms with Gasteiger partial charge in [0.05, 0.1) is 11.6 Å². The van der Waals surface area contributed by atoms with Gasteiger partial charge < -0.3 is 16.5 Å². The van der Waals surface area contributed by atoms with Crippen LogP contribution in [0.3, 0.4) is 0 Å². The Morgan fingerprint density at radius 1 is 1.22 bits per heavy atom. The summed E-state index contributed by atoms with van der Waals surface area (Å²) in [5.74, 6) is 1.50. The van der Waals surface area contributed by atoms with Crippen molar-refractivity contribution in [2.45, 2.75) is 31.2 Å². The zero-order valence-corrected chi connectivity index (χ0v) is 14.9. The fraction of sp³-hybridized carbons (Fsp3) is 0.364. The lowest BCUT2D eigenvalue weighted by molar-refractivity contribution is 0.247. The number of halogens is 1. The van der Waals surface area contributed by atoms with E-state index in [4.69, 9.17) is 11.1 Å². The van der Waals surface area contributed by atoms with Crippen LogP contribution in [0, 0.1) is 40.3 Å². The SMILES string of the molecule is N#Cc1cc([C@@H]2Nc3ccc(N)c(C=N)c3[C@H]3C4CCC(C4)[C@@H]23)ccc1F. The second-order valence-corrected chi connectivity index (χ2v) is 8.08. The van der Waals surface area contributed by atoms with Gasteiger partial charge in [-0.3, -0.25) is 0 Å². The van der Waals surface area contributed by atoms with Crippen molar-refractivity contribution in [3.63, 3.8) is 0 Å². The summed E-state index contributed by atoms with van der Waals surface area (Å²) in [5.41, 5.74) is 10.9. The number of nitriles is 1. The third-order valence-electron chi connectivity index (χ3n) is 6.95. The zero-order chi connectivity index (χ0) is 18.7. The highest BCUT2D eigenvalue weighted by Crippen LogP contribution is 2.64. The molecular weight excluding hydrogens is 339 g/mol. The maximum atomic E-state index is 13.9. The van der Waals surface area contributed by atoms with Crippen LogP contribution < -0.4 is 11.1 Å². The van der Waals surface area contributed by atoms with Gasteiger partial charge in [-0.25, -0.2) is 4.39 Å². The first kappa shape index (κ1) is 16.3. The van der Waals surface area contributed by atoms with E-state index < -0.39 is 5.82 Å². The molecule has 3 aliphatic rings. The normalized spacial score (nSPS) is 30.1. The van der Waals surface area contributed by atoms with Gasteiger partial charge in [-0.15, -0.1) is 0 Å². The minimum atomic E-state index is -0.471. The van der Waals surface area contributed by atoms with Crippen LogP contribution in [-0.2, 0) is 0 Å². The summed E-state index contributed by atoms with van der Waals surface area (Å²) in [6.07, 6.45) is 5.02. The average molecular weight is 360 g/mol. The summed E-state index contributed by atoms with van der Waals surface area (Å²) in [7, 11) is 0. The average Bonchev–Trinajstić information content (AvgIpc) is 3.30. The van der Waals surface area contributed by atoms with E-state index in [0.717, 1.165) is 16.8 Å². The molecular formula is C22H21FN4. The molecule has 0 amide bonds. The van der Waals surface area contributed by atoms with Crippen LogP contribution in [0.5, 0.6) is 0 Å². The number of nitrogen functional groups attached to an aromatic ring is 1.